The van der Waals surface area contributed by atoms with Crippen molar-refractivity contribution in [3.63, 3.8) is 0 Å². The fourth-order valence-corrected chi connectivity index (χ4v) is 10.5. The highest BCUT2D eigenvalue weighted by molar-refractivity contribution is 6.12. The maximum atomic E-state index is 15.5. The van der Waals surface area contributed by atoms with Gasteiger partial charge in [0.1, 0.15) is 18.5 Å². The molecule has 0 saturated heterocycles. The summed E-state index contributed by atoms with van der Waals surface area (Å²) in [5.74, 6) is -7.21. The first-order valence-electron chi connectivity index (χ1n) is 26.3. The lowest BCUT2D eigenvalue weighted by atomic mass is 9.81. The number of nitrogens with zero attached hydrogens (tertiary/aromatic N) is 4. The van der Waals surface area contributed by atoms with Crippen LogP contribution in [0.25, 0.3) is 22.3 Å². The third kappa shape index (κ3) is 12.9. The SMILES string of the molecule is CC[C@@]1(O)C(=O)OCc2c1cc1n(c2=O)Cc2c-1nc1cc(F)c(C)c3c1c2[C@@H](NC(=O)CN(CCNC(=O)CNC(=O)[C@H](Cc1ccccc1)NC(=O)CNC(=O)CNC(=O)CCCCCN1C(=O)C=CC1=O)CC(=O)O)CC3. The number of carbonyl (C=O) groups is 10. The van der Waals surface area contributed by atoms with Crippen molar-refractivity contribution in [2.45, 2.75) is 96.1 Å². The highest BCUT2D eigenvalue weighted by Gasteiger charge is 2.46. The number of halogens is 1. The Labute approximate surface area is 456 Å². The quantitative estimate of drug-likeness (QED) is 0.0211. The monoisotopic (exact) mass is 1100 g/mol. The number of unbranched alkanes of at least 4 members (excludes halogenated alkanes) is 2. The molecule has 422 valence electrons. The number of carboxylic acid groups (broad SMARTS) is 1. The van der Waals surface area contributed by atoms with Crippen molar-refractivity contribution in [1.82, 2.24) is 51.3 Å². The van der Waals surface area contributed by atoms with Crippen LogP contribution in [0.2, 0.25) is 0 Å². The number of pyridine rings is 2. The van der Waals surface area contributed by atoms with E-state index in [1.807, 2.05) is 0 Å². The number of imide groups is 1. The van der Waals surface area contributed by atoms with Crippen molar-refractivity contribution in [1.29, 1.82) is 0 Å². The Kier molecular flexibility index (Phi) is 17.9. The maximum absolute atomic E-state index is 15.5. The van der Waals surface area contributed by atoms with E-state index in [0.717, 1.165) is 4.90 Å². The number of ether oxygens (including phenoxy) is 1. The van der Waals surface area contributed by atoms with Crippen LogP contribution in [-0.2, 0) is 84.3 Å². The summed E-state index contributed by atoms with van der Waals surface area (Å²) in [6, 6.07) is 9.60. The summed E-state index contributed by atoms with van der Waals surface area (Å²) in [7, 11) is 0. The van der Waals surface area contributed by atoms with E-state index in [4.69, 9.17) is 9.72 Å². The van der Waals surface area contributed by atoms with E-state index in [-0.39, 0.29) is 80.5 Å². The maximum Gasteiger partial charge on any atom is 0.343 e. The number of esters is 1. The number of fused-ring (bicyclic) bond motifs is 5. The lowest BCUT2D eigenvalue weighted by molar-refractivity contribution is -0.172. The first-order chi connectivity index (χ1) is 38.3. The van der Waals surface area contributed by atoms with Crippen LogP contribution < -0.4 is 37.5 Å². The number of hydrogen-bond donors (Lipinski definition) is 8. The van der Waals surface area contributed by atoms with Crippen molar-refractivity contribution in [2.75, 3.05) is 52.4 Å². The molecule has 5 heterocycles. The molecule has 0 radical (unpaired) electrons. The molecule has 25 heteroatoms. The van der Waals surface area contributed by atoms with Crippen molar-refractivity contribution in [3.05, 3.63) is 110 Å². The van der Waals surface area contributed by atoms with E-state index in [9.17, 15) is 63.0 Å². The third-order valence-electron chi connectivity index (χ3n) is 14.6. The van der Waals surface area contributed by atoms with E-state index in [2.05, 4.69) is 31.9 Å². The second kappa shape index (κ2) is 25.0. The summed E-state index contributed by atoms with van der Waals surface area (Å²) >= 11 is 0. The molecule has 2 aromatic carbocycles. The molecule has 8 amide bonds. The molecule has 2 aromatic heterocycles. The lowest BCUT2D eigenvalue weighted by Crippen LogP contribution is -2.52. The Morgan fingerprint density at radius 1 is 0.850 bits per heavy atom. The predicted molar refractivity (Wildman–Crippen MR) is 281 cm³/mol. The Hall–Kier alpha value is -8.71. The van der Waals surface area contributed by atoms with Crippen LogP contribution in [0, 0.1) is 12.7 Å². The summed E-state index contributed by atoms with van der Waals surface area (Å²) in [5, 5.41) is 37.3. The van der Waals surface area contributed by atoms with Crippen molar-refractivity contribution >= 4 is 70.1 Å². The Morgan fingerprint density at radius 2 is 1.55 bits per heavy atom. The predicted octanol–water partition coefficient (Wildman–Crippen LogP) is -0.305. The summed E-state index contributed by atoms with van der Waals surface area (Å²) in [4.78, 5) is 148. The second-order valence-corrected chi connectivity index (χ2v) is 20.0. The fourth-order valence-electron chi connectivity index (χ4n) is 10.5. The molecule has 3 atom stereocenters. The minimum absolute atomic E-state index is 0.00720. The number of nitrogens with one attached hydrogen (secondary N) is 6. The smallest absolute Gasteiger partial charge is 0.343 e. The van der Waals surface area contributed by atoms with E-state index < -0.39 is 109 Å². The molecule has 8 N–H and O–H groups in total. The average molecular weight is 1110 g/mol. The van der Waals surface area contributed by atoms with Gasteiger partial charge < -0.3 is 51.4 Å². The van der Waals surface area contributed by atoms with Gasteiger partial charge in [-0.2, -0.15) is 0 Å². The van der Waals surface area contributed by atoms with Crippen molar-refractivity contribution in [2.24, 2.45) is 0 Å². The van der Waals surface area contributed by atoms with Crippen LogP contribution in [0.3, 0.4) is 0 Å². The molecule has 80 heavy (non-hydrogen) atoms. The fraction of sp³-hybridized carbons (Fsp3) is 0.418. The molecule has 8 rings (SSSR count). The molecule has 0 saturated carbocycles. The minimum atomic E-state index is -2.08. The van der Waals surface area contributed by atoms with Gasteiger partial charge in [-0.3, -0.25) is 57.7 Å². The number of hydrogen-bond acceptors (Lipinski definition) is 15. The van der Waals surface area contributed by atoms with Gasteiger partial charge in [-0.15, -0.1) is 0 Å². The van der Waals surface area contributed by atoms with E-state index in [1.165, 1.54) is 27.7 Å². The van der Waals surface area contributed by atoms with Crippen LogP contribution in [0.1, 0.15) is 90.4 Å². The van der Waals surface area contributed by atoms with E-state index >= 15 is 4.39 Å². The third-order valence-corrected chi connectivity index (χ3v) is 14.6. The average Bonchev–Trinajstić information content (AvgIpc) is 4.14. The Morgan fingerprint density at radius 3 is 2.27 bits per heavy atom. The molecule has 3 aliphatic heterocycles. The van der Waals surface area contributed by atoms with Crippen LogP contribution in [0.5, 0.6) is 0 Å². The molecular weight excluding hydrogens is 1040 g/mol. The summed E-state index contributed by atoms with van der Waals surface area (Å²) < 4.78 is 22.1. The number of cyclic esters (lactones) is 1. The molecule has 0 unspecified atom stereocenters. The Bertz CT molecular complexity index is 3270. The van der Waals surface area contributed by atoms with Gasteiger partial charge in [0, 0.05) is 67.2 Å². The zero-order valence-electron chi connectivity index (χ0n) is 44.0. The van der Waals surface area contributed by atoms with Gasteiger partial charge in [0.15, 0.2) is 5.60 Å². The van der Waals surface area contributed by atoms with Gasteiger partial charge in [-0.25, -0.2) is 14.2 Å². The largest absolute Gasteiger partial charge is 0.480 e. The number of aromatic nitrogens is 2. The number of aliphatic hydroxyl groups is 1. The van der Waals surface area contributed by atoms with Crippen molar-refractivity contribution < 1.29 is 67.3 Å². The van der Waals surface area contributed by atoms with Gasteiger partial charge in [-0.1, -0.05) is 43.7 Å². The van der Waals surface area contributed by atoms with Crippen LogP contribution in [0.15, 0.2) is 59.4 Å². The molecule has 4 aromatic rings. The van der Waals surface area contributed by atoms with Crippen LogP contribution >= 0.6 is 0 Å². The highest BCUT2D eigenvalue weighted by atomic mass is 19.1. The number of carboxylic acids is 1. The number of aryl methyl sites for hydroxylation is 1. The summed E-state index contributed by atoms with van der Waals surface area (Å²) in [5.41, 5.74) is 1.43. The lowest BCUT2D eigenvalue weighted by Gasteiger charge is -2.31. The first-order valence-corrected chi connectivity index (χ1v) is 26.3. The number of carbonyl (C=O) groups excluding carboxylic acids is 9. The van der Waals surface area contributed by atoms with Gasteiger partial charge in [0.2, 0.25) is 35.4 Å². The zero-order valence-corrected chi connectivity index (χ0v) is 44.0. The number of rotatable bonds is 25. The van der Waals surface area contributed by atoms with Crippen LogP contribution in [-0.4, -0.2) is 147 Å². The molecule has 0 fully saturated rings. The van der Waals surface area contributed by atoms with Crippen LogP contribution in [0.4, 0.5) is 4.39 Å². The summed E-state index contributed by atoms with van der Waals surface area (Å²) in [6.45, 7) is 0.330. The molecular formula is C55H61FN10O14. The second-order valence-electron chi connectivity index (χ2n) is 20.0. The number of benzene rings is 2. The zero-order chi connectivity index (χ0) is 57.4. The highest BCUT2D eigenvalue weighted by Crippen LogP contribution is 2.46. The van der Waals surface area contributed by atoms with E-state index in [0.29, 0.717) is 76.7 Å². The Balaban J connectivity index is 0.833. The standard InChI is InChI=1S/C55H61FN10O14/c1-3-55(79)35-21-40-51-33(26-66(40)53(77)34(35)29-80-54(55)78)50-37(14-13-32-30(2)36(56)22-38(63-51)49(32)50)61-45(71)27-64(28-48(74)75)19-17-57-42(68)24-60-52(76)39(20-31-10-6-4-7-11-31)62-44(70)25-59-43(69)23-58-41(67)12-8-5-9-18-65-46(72)15-16-47(65)73/h4,6-7,10-11,15-16,21-22,37,39,79H,3,5,8-9,12-14,17-20,23-29H2,1-2H3,(H,57,68)(H,58,67)(H,59,69)(H,60,76)(H,61,71)(H,62,70)(H,74,75)/t37-,39-,55-/m0/s1. The van der Waals surface area contributed by atoms with E-state index in [1.54, 1.807) is 50.2 Å². The van der Waals surface area contributed by atoms with Gasteiger partial charge >= 0.3 is 11.9 Å². The molecule has 24 nitrogen and oxygen atoms in total. The number of amides is 8. The molecule has 4 aliphatic rings. The molecule has 0 spiro atoms. The van der Waals surface area contributed by atoms with Gasteiger partial charge in [0.25, 0.3) is 17.4 Å². The number of aliphatic carboxylic acids is 1. The van der Waals surface area contributed by atoms with Crippen molar-refractivity contribution in [3.8, 4) is 11.4 Å². The molecule has 1 aliphatic carbocycles. The van der Waals surface area contributed by atoms with Gasteiger partial charge in [0.05, 0.1) is 67.8 Å². The van der Waals surface area contributed by atoms with Gasteiger partial charge in [-0.05, 0) is 67.3 Å². The topological polar surface area (TPSA) is 334 Å². The summed E-state index contributed by atoms with van der Waals surface area (Å²) in [6.07, 6.45) is 4.60. The normalized spacial score (nSPS) is 17.0. The molecule has 0 bridgehead atoms. The first kappa shape index (κ1) is 57.5. The minimum Gasteiger partial charge on any atom is -0.480 e.